The molecule has 0 spiro atoms. The Bertz CT molecular complexity index is 930. The number of aryl methyl sites for hydroxylation is 2. The van der Waals surface area contributed by atoms with Crippen molar-refractivity contribution < 1.29 is 13.9 Å². The molecule has 8 heteroatoms. The van der Waals surface area contributed by atoms with Gasteiger partial charge in [0, 0.05) is 25.9 Å². The Morgan fingerprint density at radius 3 is 2.34 bits per heavy atom. The molecule has 29 heavy (non-hydrogen) atoms. The van der Waals surface area contributed by atoms with E-state index >= 15 is 0 Å². The lowest BCUT2D eigenvalue weighted by molar-refractivity contribution is 0.412. The van der Waals surface area contributed by atoms with Gasteiger partial charge in [-0.2, -0.15) is 0 Å². The van der Waals surface area contributed by atoms with Crippen LogP contribution in [0.4, 0.5) is 0 Å². The summed E-state index contributed by atoms with van der Waals surface area (Å²) in [4.78, 5) is 12.9. The van der Waals surface area contributed by atoms with Crippen LogP contribution in [0.25, 0.3) is 0 Å². The molecule has 0 bridgehead atoms. The highest BCUT2D eigenvalue weighted by molar-refractivity contribution is 5.79. The minimum absolute atomic E-state index is 0.460. The number of oxazole rings is 1. The summed E-state index contributed by atoms with van der Waals surface area (Å²) in [7, 11) is 3.34. The van der Waals surface area contributed by atoms with Gasteiger partial charge < -0.3 is 24.5 Å². The Morgan fingerprint density at radius 1 is 1.03 bits per heavy atom. The highest BCUT2D eigenvalue weighted by atomic mass is 16.5. The van der Waals surface area contributed by atoms with Crippen LogP contribution in [0.2, 0.25) is 0 Å². The summed E-state index contributed by atoms with van der Waals surface area (Å²) in [6.45, 7) is 4.85. The lowest BCUT2D eigenvalue weighted by Crippen LogP contribution is -2.36. The normalized spacial score (nSPS) is 11.2. The largest absolute Gasteiger partial charge is 0.497 e. The Labute approximate surface area is 170 Å². The number of nitrogens with one attached hydrogen (secondary N) is 2. The molecule has 0 aliphatic carbocycles. The van der Waals surface area contributed by atoms with Crippen LogP contribution in [-0.2, 0) is 13.1 Å². The minimum Gasteiger partial charge on any atom is -0.497 e. The minimum atomic E-state index is 0.460. The number of hydrogen-bond acceptors (Lipinski definition) is 6. The van der Waals surface area contributed by atoms with Crippen molar-refractivity contribution in [1.82, 2.24) is 20.6 Å². The molecule has 1 aromatic carbocycles. The maximum atomic E-state index is 5.74. The first kappa shape index (κ1) is 20.2. The number of guanidine groups is 1. The summed E-state index contributed by atoms with van der Waals surface area (Å²) in [5, 5.41) is 6.41. The van der Waals surface area contributed by atoms with Crippen molar-refractivity contribution in [2.45, 2.75) is 26.9 Å². The Morgan fingerprint density at radius 2 is 1.76 bits per heavy atom. The molecule has 0 radical (unpaired) electrons. The highest BCUT2D eigenvalue weighted by Crippen LogP contribution is 2.22. The molecule has 152 valence electrons. The zero-order chi connectivity index (χ0) is 20.6. The maximum absolute atomic E-state index is 5.74. The molecule has 2 N–H and O–H groups in total. The van der Waals surface area contributed by atoms with Gasteiger partial charge in [0.15, 0.2) is 5.96 Å². The molecule has 0 amide bonds. The monoisotopic (exact) mass is 395 g/mol. The van der Waals surface area contributed by atoms with Gasteiger partial charge in [-0.3, -0.25) is 4.99 Å². The van der Waals surface area contributed by atoms with Gasteiger partial charge in [0.05, 0.1) is 19.3 Å². The lowest BCUT2D eigenvalue weighted by Gasteiger charge is -2.11. The van der Waals surface area contributed by atoms with Gasteiger partial charge in [-0.05, 0) is 43.7 Å². The van der Waals surface area contributed by atoms with Crippen LogP contribution >= 0.6 is 0 Å². The number of hydrogen-bond donors (Lipinski definition) is 2. The van der Waals surface area contributed by atoms with E-state index in [9.17, 15) is 0 Å². The second-order valence-corrected chi connectivity index (χ2v) is 6.31. The topological polar surface area (TPSA) is 93.8 Å². The third-order valence-corrected chi connectivity index (χ3v) is 4.24. The first-order chi connectivity index (χ1) is 14.1. The molecule has 0 saturated carbocycles. The number of nitrogens with zero attached hydrogens (tertiary/aromatic N) is 3. The summed E-state index contributed by atoms with van der Waals surface area (Å²) >= 11 is 0. The molecular formula is C21H25N5O3. The molecule has 0 aliphatic heterocycles. The van der Waals surface area contributed by atoms with Gasteiger partial charge in [0.2, 0.25) is 11.8 Å². The van der Waals surface area contributed by atoms with E-state index in [-0.39, 0.29) is 0 Å². The third kappa shape index (κ3) is 5.71. The average molecular weight is 395 g/mol. The van der Waals surface area contributed by atoms with Crippen molar-refractivity contribution in [2.24, 2.45) is 4.99 Å². The van der Waals surface area contributed by atoms with Gasteiger partial charge in [-0.1, -0.05) is 6.07 Å². The van der Waals surface area contributed by atoms with Crippen LogP contribution in [0.1, 0.15) is 22.9 Å². The van der Waals surface area contributed by atoms with Gasteiger partial charge in [-0.25, -0.2) is 9.97 Å². The van der Waals surface area contributed by atoms with E-state index in [1.807, 2.05) is 50.2 Å². The van der Waals surface area contributed by atoms with Crippen LogP contribution in [-0.4, -0.2) is 30.1 Å². The zero-order valence-electron chi connectivity index (χ0n) is 17.0. The summed E-state index contributed by atoms with van der Waals surface area (Å²) in [6.07, 6.45) is 1.76. The second kappa shape index (κ2) is 9.59. The van der Waals surface area contributed by atoms with E-state index in [4.69, 9.17) is 13.9 Å². The molecule has 0 aliphatic rings. The first-order valence-corrected chi connectivity index (χ1v) is 9.21. The number of rotatable bonds is 7. The van der Waals surface area contributed by atoms with Crippen LogP contribution in [0, 0.1) is 13.8 Å². The molecule has 0 fully saturated rings. The van der Waals surface area contributed by atoms with Gasteiger partial charge in [0.25, 0.3) is 0 Å². The molecule has 3 aromatic rings. The van der Waals surface area contributed by atoms with E-state index in [0.29, 0.717) is 36.6 Å². The predicted octanol–water partition coefficient (Wildman–Crippen LogP) is 3.35. The van der Waals surface area contributed by atoms with Crippen molar-refractivity contribution in [3.05, 3.63) is 65.5 Å². The molecule has 2 aromatic heterocycles. The molecule has 0 unspecified atom stereocenters. The van der Waals surface area contributed by atoms with E-state index in [0.717, 1.165) is 22.8 Å². The number of methoxy groups -OCH3 is 1. The smallest absolute Gasteiger partial charge is 0.219 e. The molecule has 8 nitrogen and oxygen atoms in total. The predicted molar refractivity (Wildman–Crippen MR) is 110 cm³/mol. The van der Waals surface area contributed by atoms with E-state index in [2.05, 4.69) is 25.6 Å². The summed E-state index contributed by atoms with van der Waals surface area (Å²) in [5.74, 6) is 4.11. The van der Waals surface area contributed by atoms with E-state index < -0.39 is 0 Å². The van der Waals surface area contributed by atoms with Crippen molar-refractivity contribution in [3.8, 4) is 17.4 Å². The van der Waals surface area contributed by atoms with E-state index in [1.54, 1.807) is 20.4 Å². The van der Waals surface area contributed by atoms with Crippen molar-refractivity contribution in [3.63, 3.8) is 0 Å². The second-order valence-electron chi connectivity index (χ2n) is 6.31. The van der Waals surface area contributed by atoms with Crippen molar-refractivity contribution >= 4 is 5.96 Å². The third-order valence-electron chi connectivity index (χ3n) is 4.24. The number of ether oxygens (including phenoxy) is 2. The molecular weight excluding hydrogens is 370 g/mol. The molecule has 2 heterocycles. The number of aliphatic imine (C=N–C) groups is 1. The maximum Gasteiger partial charge on any atom is 0.219 e. The van der Waals surface area contributed by atoms with Crippen LogP contribution < -0.4 is 20.1 Å². The standard InChI is InChI=1S/C21H25N5O3/c1-14-15(2)28-20(26-14)13-25-21(22-3)24-12-16-5-10-19(23-11-16)29-18-8-6-17(27-4)7-9-18/h5-11H,12-13H2,1-4H3,(H2,22,24,25). The highest BCUT2D eigenvalue weighted by Gasteiger charge is 2.07. The number of pyridine rings is 1. The quantitative estimate of drug-likeness (QED) is 0.468. The van der Waals surface area contributed by atoms with E-state index in [1.165, 1.54) is 0 Å². The first-order valence-electron chi connectivity index (χ1n) is 9.21. The molecule has 0 atom stereocenters. The van der Waals surface area contributed by atoms with Gasteiger partial charge in [0.1, 0.15) is 17.3 Å². The number of benzene rings is 1. The Balaban J connectivity index is 1.49. The SMILES string of the molecule is CN=C(NCc1ccc(Oc2ccc(OC)cc2)nc1)NCc1nc(C)c(C)o1. The van der Waals surface area contributed by atoms with Gasteiger partial charge >= 0.3 is 0 Å². The van der Waals surface area contributed by atoms with Crippen molar-refractivity contribution in [2.75, 3.05) is 14.2 Å². The van der Waals surface area contributed by atoms with Crippen LogP contribution in [0.5, 0.6) is 17.4 Å². The molecule has 3 rings (SSSR count). The Kier molecular flexibility index (Phi) is 6.67. The van der Waals surface area contributed by atoms with Gasteiger partial charge in [-0.15, -0.1) is 0 Å². The Hall–Kier alpha value is -3.55. The van der Waals surface area contributed by atoms with Crippen LogP contribution in [0.15, 0.2) is 52.0 Å². The average Bonchev–Trinajstić information content (AvgIpc) is 3.07. The fourth-order valence-corrected chi connectivity index (χ4v) is 2.52. The fraction of sp³-hybridized carbons (Fsp3) is 0.286. The van der Waals surface area contributed by atoms with Crippen molar-refractivity contribution in [1.29, 1.82) is 0 Å². The van der Waals surface area contributed by atoms with Crippen LogP contribution in [0.3, 0.4) is 0 Å². The fourth-order valence-electron chi connectivity index (χ4n) is 2.52. The molecule has 0 saturated heterocycles. The zero-order valence-corrected chi connectivity index (χ0v) is 17.0. The summed E-state index contributed by atoms with van der Waals surface area (Å²) < 4.78 is 16.4. The summed E-state index contributed by atoms with van der Waals surface area (Å²) in [6, 6.07) is 11.1. The number of aromatic nitrogens is 2. The summed E-state index contributed by atoms with van der Waals surface area (Å²) in [5.41, 5.74) is 1.89. The lowest BCUT2D eigenvalue weighted by atomic mass is 10.3.